The number of hydrogen-bond donors (Lipinski definition) is 0. The largest absolute Gasteiger partial charge is 0.0689 e. The summed E-state index contributed by atoms with van der Waals surface area (Å²) in [5.74, 6) is 9.15. The van der Waals surface area contributed by atoms with Crippen LogP contribution >= 0.6 is 0 Å². The van der Waals surface area contributed by atoms with E-state index in [0.717, 1.165) is 64.3 Å². The number of benzene rings is 1. The average Bonchev–Trinajstić information content (AvgIpc) is 3.60. The Morgan fingerprint density at radius 1 is 0.743 bits per heavy atom. The first-order valence-corrected chi connectivity index (χ1v) is 19.2. The molecule has 5 saturated carbocycles. The zero-order chi connectivity index (χ0) is 24.2. The lowest BCUT2D eigenvalue weighted by Crippen LogP contribution is -2.45. The van der Waals surface area contributed by atoms with Crippen molar-refractivity contribution in [1.82, 2.24) is 0 Å². The van der Waals surface area contributed by atoms with Crippen LogP contribution < -0.4 is 0 Å². The second-order valence-electron chi connectivity index (χ2n) is 14.7. The van der Waals surface area contributed by atoms with Crippen LogP contribution in [0, 0.1) is 47.3 Å². The minimum Gasteiger partial charge on any atom is -0.0689 e. The third-order valence-corrected chi connectivity index (χ3v) is 18.3. The molecule has 0 amide bonds. The molecule has 0 saturated heterocycles. The summed E-state index contributed by atoms with van der Waals surface area (Å²) in [4.78, 5) is 0. The molecular weight excluding hydrogens is 436 g/mol. The van der Waals surface area contributed by atoms with E-state index in [4.69, 9.17) is 0 Å². The summed E-state index contributed by atoms with van der Waals surface area (Å²) in [6, 6.07) is 11.9. The maximum absolute atomic E-state index is 2.92. The van der Waals surface area contributed by atoms with Crippen LogP contribution in [0.25, 0.3) is 0 Å². The molecule has 0 aliphatic heterocycles. The summed E-state index contributed by atoms with van der Waals surface area (Å²) in [7, 11) is -1.34. The lowest BCUT2D eigenvalue weighted by Gasteiger charge is -2.49. The first kappa shape index (κ1) is 24.8. The molecule has 35 heavy (non-hydrogen) atoms. The van der Waals surface area contributed by atoms with Crippen molar-refractivity contribution in [2.24, 2.45) is 47.3 Å². The van der Waals surface area contributed by atoms with Gasteiger partial charge in [-0.15, -0.1) is 0 Å². The summed E-state index contributed by atoms with van der Waals surface area (Å²) in [6.45, 7) is 10.9. The lowest BCUT2D eigenvalue weighted by molar-refractivity contribution is 0.121. The minimum absolute atomic E-state index is 0.876. The van der Waals surface area contributed by atoms with Gasteiger partial charge in [-0.2, -0.15) is 0 Å². The Hall–Kier alpha value is -0.563. The van der Waals surface area contributed by atoms with Crippen molar-refractivity contribution < 1.29 is 0 Å². The third-order valence-electron chi connectivity index (χ3n) is 13.1. The van der Waals surface area contributed by atoms with Crippen LogP contribution in [0.15, 0.2) is 30.3 Å². The molecule has 0 heterocycles. The fourth-order valence-electron chi connectivity index (χ4n) is 11.8. The van der Waals surface area contributed by atoms with Crippen molar-refractivity contribution >= 4 is 8.07 Å². The summed E-state index contributed by atoms with van der Waals surface area (Å²) in [5, 5.41) is 0. The lowest BCUT2D eigenvalue weighted by atomic mass is 9.62. The molecule has 0 bridgehead atoms. The average molecular weight is 491 g/mol. The fourth-order valence-corrected chi connectivity index (χ4v) is 17.1. The zero-order valence-corrected chi connectivity index (χ0v) is 24.4. The third kappa shape index (κ3) is 4.23. The van der Waals surface area contributed by atoms with Crippen molar-refractivity contribution in [3.05, 3.63) is 35.9 Å². The number of fused-ring (bicyclic) bond motifs is 3. The summed E-state index contributed by atoms with van der Waals surface area (Å²) in [6.07, 6.45) is 20.0. The molecule has 6 rings (SSSR count). The van der Waals surface area contributed by atoms with E-state index >= 15 is 0 Å². The second kappa shape index (κ2) is 9.96. The van der Waals surface area contributed by atoms with Gasteiger partial charge in [0.1, 0.15) is 0 Å². The molecule has 5 aliphatic carbocycles. The van der Waals surface area contributed by atoms with E-state index in [1.54, 1.807) is 44.1 Å². The van der Waals surface area contributed by atoms with Gasteiger partial charge in [0.05, 0.1) is 8.07 Å². The molecule has 5 fully saturated rings. The van der Waals surface area contributed by atoms with Crippen molar-refractivity contribution in [3.63, 3.8) is 0 Å². The number of rotatable bonds is 6. The normalized spacial score (nSPS) is 44.0. The van der Waals surface area contributed by atoms with Crippen LogP contribution in [0.2, 0.25) is 24.2 Å². The highest BCUT2D eigenvalue weighted by Gasteiger charge is 2.59. The van der Waals surface area contributed by atoms with Crippen LogP contribution in [0.1, 0.15) is 109 Å². The van der Waals surface area contributed by atoms with Gasteiger partial charge in [0.15, 0.2) is 0 Å². The zero-order valence-electron chi connectivity index (χ0n) is 23.4. The van der Waals surface area contributed by atoms with Gasteiger partial charge in [-0.05, 0) is 102 Å². The smallest absolute Gasteiger partial charge is 0.0541 e. The van der Waals surface area contributed by atoms with E-state index in [9.17, 15) is 0 Å². The van der Waals surface area contributed by atoms with E-state index in [-0.39, 0.29) is 0 Å². The highest BCUT2D eigenvalue weighted by molar-refractivity contribution is 6.80. The minimum atomic E-state index is -1.34. The Morgan fingerprint density at radius 2 is 1.49 bits per heavy atom. The Morgan fingerprint density at radius 3 is 2.26 bits per heavy atom. The van der Waals surface area contributed by atoms with E-state index in [1.165, 1.54) is 44.9 Å². The predicted molar refractivity (Wildman–Crippen MR) is 153 cm³/mol. The van der Waals surface area contributed by atoms with Crippen molar-refractivity contribution in [3.8, 4) is 0 Å². The molecule has 11 unspecified atom stereocenters. The molecule has 1 heteroatoms. The van der Waals surface area contributed by atoms with E-state index < -0.39 is 8.07 Å². The van der Waals surface area contributed by atoms with Crippen LogP contribution in [0.4, 0.5) is 0 Å². The summed E-state index contributed by atoms with van der Waals surface area (Å²) in [5.41, 5.74) is 3.94. The van der Waals surface area contributed by atoms with Gasteiger partial charge in [0.25, 0.3) is 0 Å². The first-order chi connectivity index (χ1) is 17.0. The van der Waals surface area contributed by atoms with Gasteiger partial charge in [0, 0.05) is 0 Å². The maximum Gasteiger partial charge on any atom is 0.0541 e. The fraction of sp³-hybridized carbons (Fsp3) is 0.824. The van der Waals surface area contributed by atoms with Crippen LogP contribution in [0.3, 0.4) is 0 Å². The van der Waals surface area contributed by atoms with Gasteiger partial charge in [0.2, 0.25) is 0 Å². The molecule has 11 atom stereocenters. The quantitative estimate of drug-likeness (QED) is 0.348. The maximum atomic E-state index is 2.92. The Bertz CT molecular complexity index is 843. The Labute approximate surface area is 218 Å². The van der Waals surface area contributed by atoms with Crippen LogP contribution in [0.5, 0.6) is 0 Å². The number of hydrogen-bond acceptors (Lipinski definition) is 0. The second-order valence-corrected chi connectivity index (χ2v) is 19.9. The molecular formula is C34H54Si. The molecule has 0 nitrogen and oxygen atoms in total. The van der Waals surface area contributed by atoms with Gasteiger partial charge in [-0.3, -0.25) is 0 Å². The molecule has 0 aromatic heterocycles. The van der Waals surface area contributed by atoms with E-state index in [1.807, 2.05) is 0 Å². The molecule has 0 radical (unpaired) electrons. The first-order valence-electron chi connectivity index (χ1n) is 16.1. The Balaban J connectivity index is 1.28. The monoisotopic (exact) mass is 490 g/mol. The SMILES string of the molecule is CCCC(C)C1CC([Si](C)(C)C2CCC3C2CC2CCCC2C3c2ccccc2)C2CCCCC12. The topological polar surface area (TPSA) is 0 Å². The molecule has 1 aromatic carbocycles. The van der Waals surface area contributed by atoms with Crippen molar-refractivity contribution in [1.29, 1.82) is 0 Å². The molecule has 0 N–H and O–H groups in total. The predicted octanol–water partition coefficient (Wildman–Crippen LogP) is 10.3. The van der Waals surface area contributed by atoms with Gasteiger partial charge < -0.3 is 0 Å². The van der Waals surface area contributed by atoms with Crippen molar-refractivity contribution in [2.75, 3.05) is 0 Å². The van der Waals surface area contributed by atoms with E-state index in [2.05, 4.69) is 57.3 Å². The van der Waals surface area contributed by atoms with Crippen LogP contribution in [-0.4, -0.2) is 8.07 Å². The highest BCUT2D eigenvalue weighted by Crippen LogP contribution is 2.67. The Kier molecular flexibility index (Phi) is 7.04. The van der Waals surface area contributed by atoms with Crippen molar-refractivity contribution in [2.45, 2.75) is 127 Å². The van der Waals surface area contributed by atoms with Crippen LogP contribution in [-0.2, 0) is 0 Å². The van der Waals surface area contributed by atoms with Gasteiger partial charge in [-0.25, -0.2) is 0 Å². The summed E-state index contributed by atoms with van der Waals surface area (Å²) >= 11 is 0. The van der Waals surface area contributed by atoms with E-state index in [0.29, 0.717) is 0 Å². The molecule has 0 spiro atoms. The molecule has 194 valence electrons. The molecule has 5 aliphatic rings. The highest BCUT2D eigenvalue weighted by atomic mass is 28.3. The standard InChI is InChI=1S/C34H54Si/c1-5-12-23(2)30-22-33(28-17-10-9-16-27(28)30)35(3,4)32-20-19-29-31(32)21-25-15-11-18-26(25)34(29)24-13-7-6-8-14-24/h6-8,13-14,23,25-34H,5,9-12,15-22H2,1-4H3. The summed E-state index contributed by atoms with van der Waals surface area (Å²) < 4.78 is 0. The van der Waals surface area contributed by atoms with Gasteiger partial charge in [-0.1, -0.05) is 109 Å². The molecule has 1 aromatic rings. The van der Waals surface area contributed by atoms with Gasteiger partial charge >= 0.3 is 0 Å².